The van der Waals surface area contributed by atoms with Crippen molar-refractivity contribution in [2.75, 3.05) is 6.61 Å². The summed E-state index contributed by atoms with van der Waals surface area (Å²) in [5, 5.41) is 2.90. The van der Waals surface area contributed by atoms with E-state index in [2.05, 4.69) is 10.3 Å². The maximum Gasteiger partial charge on any atom is 0.258 e. The molecule has 0 saturated carbocycles. The van der Waals surface area contributed by atoms with Gasteiger partial charge in [0, 0.05) is 0 Å². The molecule has 0 saturated heterocycles. The van der Waals surface area contributed by atoms with Crippen LogP contribution in [0.5, 0.6) is 5.75 Å². The van der Waals surface area contributed by atoms with Gasteiger partial charge in [0.1, 0.15) is 11.6 Å². The summed E-state index contributed by atoms with van der Waals surface area (Å²) < 4.78 is 7.38. The molecule has 6 heteroatoms. The average Bonchev–Trinajstić information content (AvgIpc) is 3.06. The Morgan fingerprint density at radius 3 is 2.44 bits per heavy atom. The Kier molecular flexibility index (Phi) is 5.54. The van der Waals surface area contributed by atoms with Gasteiger partial charge < -0.3 is 14.6 Å². The Morgan fingerprint density at radius 2 is 1.74 bits per heavy atom. The lowest BCUT2D eigenvalue weighted by molar-refractivity contribution is -0.123. The second kappa shape index (κ2) is 8.03. The fraction of sp³-hybridized carbons (Fsp3) is 0.286. The molecular formula is C21H23N3O3. The highest BCUT2D eigenvalue weighted by Crippen LogP contribution is 2.25. The van der Waals surface area contributed by atoms with Gasteiger partial charge in [-0.25, -0.2) is 4.98 Å². The van der Waals surface area contributed by atoms with Crippen molar-refractivity contribution in [3.63, 3.8) is 0 Å². The topological polar surface area (TPSA) is 73.2 Å². The van der Waals surface area contributed by atoms with Crippen molar-refractivity contribution in [2.45, 2.75) is 32.9 Å². The molecule has 1 N–H and O–H groups in total. The van der Waals surface area contributed by atoms with Gasteiger partial charge in [-0.3, -0.25) is 9.59 Å². The minimum absolute atomic E-state index is 0.0327. The first-order chi connectivity index (χ1) is 13.0. The number of ether oxygens (including phenoxy) is 1. The minimum Gasteiger partial charge on any atom is -0.484 e. The van der Waals surface area contributed by atoms with Gasteiger partial charge in [0.2, 0.25) is 0 Å². The molecule has 0 aliphatic heterocycles. The van der Waals surface area contributed by atoms with Crippen LogP contribution in [-0.2, 0) is 9.59 Å². The lowest BCUT2D eigenvalue weighted by atomic mass is 10.2. The first kappa shape index (κ1) is 18.6. The number of aromatic nitrogens is 2. The Balaban J connectivity index is 1.78. The van der Waals surface area contributed by atoms with Gasteiger partial charge in [0.25, 0.3) is 5.91 Å². The Labute approximate surface area is 158 Å². The number of rotatable bonds is 7. The van der Waals surface area contributed by atoms with E-state index in [4.69, 9.17) is 4.74 Å². The van der Waals surface area contributed by atoms with Crippen LogP contribution >= 0.6 is 0 Å². The number of carbonyl (C=O) groups excluding carboxylic acids is 2. The van der Waals surface area contributed by atoms with E-state index in [9.17, 15) is 9.59 Å². The highest BCUT2D eigenvalue weighted by atomic mass is 16.5. The number of benzene rings is 2. The second-order valence-electron chi connectivity index (χ2n) is 6.51. The van der Waals surface area contributed by atoms with Gasteiger partial charge in [-0.05, 0) is 45.0 Å². The number of nitrogens with zero attached hydrogens (tertiary/aromatic N) is 2. The van der Waals surface area contributed by atoms with Gasteiger partial charge in [-0.15, -0.1) is 0 Å². The maximum atomic E-state index is 12.3. The van der Waals surface area contributed by atoms with E-state index in [0.29, 0.717) is 11.6 Å². The van der Waals surface area contributed by atoms with Crippen molar-refractivity contribution < 1.29 is 14.3 Å². The van der Waals surface area contributed by atoms with Gasteiger partial charge >= 0.3 is 0 Å². The number of Topliss-reactive ketones (excluding diaryl/α,β-unsaturated/α-hetero) is 1. The van der Waals surface area contributed by atoms with Gasteiger partial charge in [0.05, 0.1) is 23.1 Å². The molecule has 2 aromatic carbocycles. The Bertz CT molecular complexity index is 950. The van der Waals surface area contributed by atoms with Crippen molar-refractivity contribution in [1.29, 1.82) is 0 Å². The summed E-state index contributed by atoms with van der Waals surface area (Å²) in [6.45, 7) is 5.16. The molecule has 0 bridgehead atoms. The van der Waals surface area contributed by atoms with Crippen LogP contribution in [0.2, 0.25) is 0 Å². The standard InChI is InChI=1S/C21H23N3O3/c1-14(22-20(26)13-27-17-9-5-4-6-10-17)21-23-18-11-7-8-12-19(18)24(21)15(2)16(3)25/h4-12,14-15H,13H2,1-3H3,(H,22,26). The number of ketones is 1. The molecule has 0 fully saturated rings. The number of fused-ring (bicyclic) bond motifs is 1. The molecule has 0 aliphatic carbocycles. The SMILES string of the molecule is CC(=O)C(C)n1c(C(C)NC(=O)COc2ccccc2)nc2ccccc21. The van der Waals surface area contributed by atoms with Crippen LogP contribution in [-0.4, -0.2) is 27.8 Å². The van der Waals surface area contributed by atoms with E-state index in [1.165, 1.54) is 0 Å². The van der Waals surface area contributed by atoms with Crippen molar-refractivity contribution in [3.8, 4) is 5.75 Å². The quantitative estimate of drug-likeness (QED) is 0.696. The summed E-state index contributed by atoms with van der Waals surface area (Å²) in [7, 11) is 0. The van der Waals surface area contributed by atoms with E-state index in [0.717, 1.165) is 11.0 Å². The van der Waals surface area contributed by atoms with Crippen LogP contribution in [0.3, 0.4) is 0 Å². The summed E-state index contributed by atoms with van der Waals surface area (Å²) in [5.41, 5.74) is 1.67. The van der Waals surface area contributed by atoms with Crippen LogP contribution in [0.4, 0.5) is 0 Å². The number of nitrogens with one attached hydrogen (secondary N) is 1. The number of hydrogen-bond donors (Lipinski definition) is 1. The summed E-state index contributed by atoms with van der Waals surface area (Å²) in [6.07, 6.45) is 0. The zero-order valence-electron chi connectivity index (χ0n) is 15.7. The largest absolute Gasteiger partial charge is 0.484 e. The summed E-state index contributed by atoms with van der Waals surface area (Å²) >= 11 is 0. The average molecular weight is 365 g/mol. The zero-order valence-corrected chi connectivity index (χ0v) is 15.7. The molecule has 3 aromatic rings. The normalized spacial score (nSPS) is 13.1. The van der Waals surface area contributed by atoms with Crippen LogP contribution < -0.4 is 10.1 Å². The zero-order chi connectivity index (χ0) is 19.4. The van der Waals surface area contributed by atoms with Crippen LogP contribution in [0, 0.1) is 0 Å². The molecule has 2 atom stereocenters. The predicted octanol–water partition coefficient (Wildman–Crippen LogP) is 3.44. The number of carbonyl (C=O) groups is 2. The number of para-hydroxylation sites is 3. The molecule has 1 aromatic heterocycles. The van der Waals surface area contributed by atoms with E-state index in [1.807, 2.05) is 60.9 Å². The molecule has 6 nitrogen and oxygen atoms in total. The van der Waals surface area contributed by atoms with Crippen LogP contribution in [0.25, 0.3) is 11.0 Å². The first-order valence-electron chi connectivity index (χ1n) is 8.92. The van der Waals surface area contributed by atoms with Gasteiger partial charge in [-0.1, -0.05) is 30.3 Å². The number of imidazole rings is 1. The smallest absolute Gasteiger partial charge is 0.258 e. The summed E-state index contributed by atoms with van der Waals surface area (Å²) in [6, 6.07) is 16.1. The molecule has 0 radical (unpaired) electrons. The fourth-order valence-corrected chi connectivity index (χ4v) is 2.97. The minimum atomic E-state index is -0.369. The highest BCUT2D eigenvalue weighted by molar-refractivity contribution is 5.84. The third kappa shape index (κ3) is 4.16. The van der Waals surface area contributed by atoms with Crippen molar-refractivity contribution >= 4 is 22.7 Å². The third-order valence-electron chi connectivity index (χ3n) is 4.48. The fourth-order valence-electron chi connectivity index (χ4n) is 2.97. The molecule has 0 aliphatic rings. The molecule has 140 valence electrons. The second-order valence-corrected chi connectivity index (χ2v) is 6.51. The molecule has 2 unspecified atom stereocenters. The maximum absolute atomic E-state index is 12.3. The molecule has 3 rings (SSSR count). The Hall–Kier alpha value is -3.15. The molecule has 1 heterocycles. The van der Waals surface area contributed by atoms with Crippen molar-refractivity contribution in [1.82, 2.24) is 14.9 Å². The first-order valence-corrected chi connectivity index (χ1v) is 8.92. The van der Waals surface area contributed by atoms with E-state index in [1.54, 1.807) is 19.1 Å². The third-order valence-corrected chi connectivity index (χ3v) is 4.48. The van der Waals surface area contributed by atoms with E-state index >= 15 is 0 Å². The number of amides is 1. The van der Waals surface area contributed by atoms with Gasteiger partial charge in [0.15, 0.2) is 12.4 Å². The lowest BCUT2D eigenvalue weighted by Gasteiger charge is -2.19. The van der Waals surface area contributed by atoms with Crippen molar-refractivity contribution in [3.05, 3.63) is 60.4 Å². The van der Waals surface area contributed by atoms with E-state index < -0.39 is 0 Å². The Morgan fingerprint density at radius 1 is 1.07 bits per heavy atom. The van der Waals surface area contributed by atoms with E-state index in [-0.39, 0.29) is 30.4 Å². The van der Waals surface area contributed by atoms with Crippen molar-refractivity contribution in [2.24, 2.45) is 0 Å². The molecular weight excluding hydrogens is 342 g/mol. The highest BCUT2D eigenvalue weighted by Gasteiger charge is 2.23. The van der Waals surface area contributed by atoms with Crippen LogP contribution in [0.1, 0.15) is 38.7 Å². The van der Waals surface area contributed by atoms with Crippen LogP contribution in [0.15, 0.2) is 54.6 Å². The van der Waals surface area contributed by atoms with Gasteiger partial charge in [-0.2, -0.15) is 0 Å². The predicted molar refractivity (Wildman–Crippen MR) is 104 cm³/mol. The monoisotopic (exact) mass is 365 g/mol. The number of hydrogen-bond acceptors (Lipinski definition) is 4. The lowest BCUT2D eigenvalue weighted by Crippen LogP contribution is -2.33. The molecule has 27 heavy (non-hydrogen) atoms. The summed E-state index contributed by atoms with van der Waals surface area (Å²) in [4.78, 5) is 28.9. The summed E-state index contributed by atoms with van der Waals surface area (Å²) in [5.74, 6) is 1.07. The molecule has 0 spiro atoms. The molecule has 1 amide bonds.